The van der Waals surface area contributed by atoms with E-state index in [0.29, 0.717) is 28.6 Å². The largest absolute Gasteiger partial charge is 0.492 e. The van der Waals surface area contributed by atoms with Gasteiger partial charge in [0.15, 0.2) is 0 Å². The van der Waals surface area contributed by atoms with Crippen LogP contribution in [0.15, 0.2) is 36.4 Å². The van der Waals surface area contributed by atoms with Crippen molar-refractivity contribution in [3.05, 3.63) is 53.6 Å². The van der Waals surface area contributed by atoms with E-state index in [9.17, 15) is 8.78 Å². The van der Waals surface area contributed by atoms with E-state index in [1.807, 2.05) is 0 Å². The first-order valence-corrected chi connectivity index (χ1v) is 6.92. The Morgan fingerprint density at radius 3 is 2.48 bits per heavy atom. The van der Waals surface area contributed by atoms with E-state index < -0.39 is 11.6 Å². The molecule has 0 radical (unpaired) electrons. The fraction of sp³-hybridized carbons (Fsp3) is 0.125. The molecule has 2 aromatic carbocycles. The molecule has 3 aromatic rings. The van der Waals surface area contributed by atoms with Crippen molar-refractivity contribution in [3.8, 4) is 5.75 Å². The van der Waals surface area contributed by atoms with Gasteiger partial charge in [0.2, 0.25) is 5.95 Å². The van der Waals surface area contributed by atoms with E-state index in [1.54, 1.807) is 18.2 Å². The summed E-state index contributed by atoms with van der Waals surface area (Å²) in [5.41, 5.74) is 12.5. The number of halogens is 2. The molecule has 0 atom stereocenters. The maximum absolute atomic E-state index is 13.2. The maximum atomic E-state index is 13.2. The number of hydrogen-bond donors (Lipinski definition) is 2. The van der Waals surface area contributed by atoms with Crippen LogP contribution in [0.25, 0.3) is 10.9 Å². The predicted octanol–water partition coefficient (Wildman–Crippen LogP) is 2.69. The molecular weight excluding hydrogens is 302 g/mol. The number of nitrogen functional groups attached to an aromatic ring is 2. The lowest BCUT2D eigenvalue weighted by atomic mass is 10.1. The van der Waals surface area contributed by atoms with Gasteiger partial charge in [-0.1, -0.05) is 6.07 Å². The molecule has 0 amide bonds. The molecule has 0 saturated heterocycles. The van der Waals surface area contributed by atoms with E-state index in [-0.39, 0.29) is 18.4 Å². The Bertz CT molecular complexity index is 850. The molecule has 7 heteroatoms. The highest BCUT2D eigenvalue weighted by molar-refractivity contribution is 5.94. The van der Waals surface area contributed by atoms with Crippen molar-refractivity contribution in [1.29, 1.82) is 0 Å². The van der Waals surface area contributed by atoms with Crippen molar-refractivity contribution < 1.29 is 13.5 Å². The zero-order chi connectivity index (χ0) is 16.4. The summed E-state index contributed by atoms with van der Waals surface area (Å²) in [6.45, 7) is 0.228. The van der Waals surface area contributed by atoms with Gasteiger partial charge >= 0.3 is 0 Å². The molecule has 23 heavy (non-hydrogen) atoms. The Morgan fingerprint density at radius 1 is 1.00 bits per heavy atom. The average molecular weight is 316 g/mol. The van der Waals surface area contributed by atoms with Gasteiger partial charge in [-0.15, -0.1) is 0 Å². The van der Waals surface area contributed by atoms with Crippen molar-refractivity contribution in [1.82, 2.24) is 9.97 Å². The van der Waals surface area contributed by atoms with E-state index in [1.165, 1.54) is 12.1 Å². The van der Waals surface area contributed by atoms with E-state index >= 15 is 0 Å². The zero-order valence-electron chi connectivity index (χ0n) is 12.1. The molecule has 0 aliphatic carbocycles. The summed E-state index contributed by atoms with van der Waals surface area (Å²) < 4.78 is 32.0. The molecule has 0 spiro atoms. The first-order chi connectivity index (χ1) is 11.0. The lowest BCUT2D eigenvalue weighted by molar-refractivity contribution is 0.325. The maximum Gasteiger partial charge on any atom is 0.222 e. The number of benzene rings is 2. The van der Waals surface area contributed by atoms with Crippen molar-refractivity contribution in [3.63, 3.8) is 0 Å². The van der Waals surface area contributed by atoms with Gasteiger partial charge in [-0.05, 0) is 29.8 Å². The average Bonchev–Trinajstić information content (AvgIpc) is 2.45. The van der Waals surface area contributed by atoms with Crippen LogP contribution in [0.1, 0.15) is 5.56 Å². The second-order valence-electron chi connectivity index (χ2n) is 4.99. The van der Waals surface area contributed by atoms with Crippen molar-refractivity contribution in [2.75, 3.05) is 18.1 Å². The van der Waals surface area contributed by atoms with Crippen LogP contribution < -0.4 is 16.2 Å². The SMILES string of the molecule is Nc1nc(N)c2c(OCCc3cc(F)cc(F)c3)cccc2n1. The standard InChI is InChI=1S/C16H14F2N4O/c17-10-6-9(7-11(18)8-10)4-5-23-13-3-1-2-12-14(13)15(19)22-16(20)21-12/h1-3,6-8H,4-5H2,(H4,19,20,21,22). The topological polar surface area (TPSA) is 87.0 Å². The molecule has 0 aliphatic heterocycles. The van der Waals surface area contributed by atoms with Gasteiger partial charge in [0.05, 0.1) is 17.5 Å². The van der Waals surface area contributed by atoms with Crippen LogP contribution >= 0.6 is 0 Å². The van der Waals surface area contributed by atoms with Crippen LogP contribution in [0.2, 0.25) is 0 Å². The Kier molecular flexibility index (Phi) is 3.92. The molecule has 0 saturated carbocycles. The highest BCUT2D eigenvalue weighted by Crippen LogP contribution is 2.29. The first-order valence-electron chi connectivity index (χ1n) is 6.92. The van der Waals surface area contributed by atoms with Crippen molar-refractivity contribution in [2.24, 2.45) is 0 Å². The number of nitrogens with zero attached hydrogens (tertiary/aromatic N) is 2. The number of hydrogen-bond acceptors (Lipinski definition) is 5. The van der Waals surface area contributed by atoms with Crippen molar-refractivity contribution >= 4 is 22.7 Å². The number of rotatable bonds is 4. The minimum Gasteiger partial charge on any atom is -0.492 e. The number of nitrogens with two attached hydrogens (primary N) is 2. The molecule has 0 aliphatic rings. The smallest absolute Gasteiger partial charge is 0.222 e. The molecule has 1 heterocycles. The van der Waals surface area contributed by atoms with E-state index in [2.05, 4.69) is 9.97 Å². The highest BCUT2D eigenvalue weighted by Gasteiger charge is 2.09. The molecule has 0 unspecified atom stereocenters. The Balaban J connectivity index is 1.79. The van der Waals surface area contributed by atoms with Crippen molar-refractivity contribution in [2.45, 2.75) is 6.42 Å². The minimum absolute atomic E-state index is 0.0855. The molecule has 5 nitrogen and oxygen atoms in total. The minimum atomic E-state index is -0.613. The molecule has 0 fully saturated rings. The summed E-state index contributed by atoms with van der Waals surface area (Å²) in [6.07, 6.45) is 0.348. The number of fused-ring (bicyclic) bond motifs is 1. The molecule has 4 N–H and O–H groups in total. The van der Waals surface area contributed by atoms with Gasteiger partial charge in [0.25, 0.3) is 0 Å². The van der Waals surface area contributed by atoms with Crippen LogP contribution in [-0.4, -0.2) is 16.6 Å². The summed E-state index contributed by atoms with van der Waals surface area (Å²) in [4.78, 5) is 8.01. The third-order valence-electron chi connectivity index (χ3n) is 3.30. The Labute approximate surface area is 130 Å². The fourth-order valence-corrected chi connectivity index (χ4v) is 2.35. The van der Waals surface area contributed by atoms with Crippen LogP contribution in [-0.2, 0) is 6.42 Å². The highest BCUT2D eigenvalue weighted by atomic mass is 19.1. The summed E-state index contributed by atoms with van der Waals surface area (Å²) >= 11 is 0. The number of aromatic nitrogens is 2. The summed E-state index contributed by atoms with van der Waals surface area (Å²) in [6, 6.07) is 8.60. The lowest BCUT2D eigenvalue weighted by Crippen LogP contribution is -2.05. The van der Waals surface area contributed by atoms with Crippen LogP contribution in [0.5, 0.6) is 5.75 Å². The number of anilines is 2. The van der Waals surface area contributed by atoms with Gasteiger partial charge in [-0.25, -0.2) is 13.8 Å². The zero-order valence-corrected chi connectivity index (χ0v) is 12.1. The third kappa shape index (κ3) is 3.28. The molecule has 3 rings (SSSR count). The van der Waals surface area contributed by atoms with Gasteiger partial charge in [-0.3, -0.25) is 0 Å². The van der Waals surface area contributed by atoms with E-state index in [0.717, 1.165) is 6.07 Å². The predicted molar refractivity (Wildman–Crippen MR) is 83.9 cm³/mol. The summed E-state index contributed by atoms with van der Waals surface area (Å²) in [7, 11) is 0. The van der Waals surface area contributed by atoms with Crippen LogP contribution in [0.3, 0.4) is 0 Å². The quantitative estimate of drug-likeness (QED) is 0.773. The van der Waals surface area contributed by atoms with Crippen LogP contribution in [0.4, 0.5) is 20.5 Å². The van der Waals surface area contributed by atoms with Gasteiger partial charge in [0, 0.05) is 12.5 Å². The van der Waals surface area contributed by atoms with E-state index in [4.69, 9.17) is 16.2 Å². The third-order valence-corrected chi connectivity index (χ3v) is 3.30. The second-order valence-corrected chi connectivity index (χ2v) is 4.99. The fourth-order valence-electron chi connectivity index (χ4n) is 2.35. The second kappa shape index (κ2) is 6.04. The monoisotopic (exact) mass is 316 g/mol. The molecule has 118 valence electrons. The summed E-state index contributed by atoms with van der Waals surface area (Å²) in [5, 5.41) is 0.562. The van der Waals surface area contributed by atoms with Gasteiger partial charge in [0.1, 0.15) is 23.2 Å². The molecular formula is C16H14F2N4O. The normalized spacial score (nSPS) is 10.9. The Morgan fingerprint density at radius 2 is 1.74 bits per heavy atom. The lowest BCUT2D eigenvalue weighted by Gasteiger charge is -2.11. The number of ether oxygens (including phenoxy) is 1. The Hall–Kier alpha value is -2.96. The van der Waals surface area contributed by atoms with Crippen LogP contribution in [0, 0.1) is 11.6 Å². The first kappa shape index (κ1) is 15.0. The summed E-state index contributed by atoms with van der Waals surface area (Å²) in [5.74, 6) is -0.421. The molecule has 0 bridgehead atoms. The van der Waals surface area contributed by atoms with Gasteiger partial charge in [-0.2, -0.15) is 4.98 Å². The molecule has 1 aromatic heterocycles. The van der Waals surface area contributed by atoms with Gasteiger partial charge < -0.3 is 16.2 Å².